The van der Waals surface area contributed by atoms with Crippen LogP contribution in [0.2, 0.25) is 0 Å². The molecule has 5 heteroatoms. The number of amides is 2. The van der Waals surface area contributed by atoms with Crippen molar-refractivity contribution in [2.24, 2.45) is 0 Å². The van der Waals surface area contributed by atoms with E-state index in [2.05, 4.69) is 31.4 Å². The first-order valence-electron chi connectivity index (χ1n) is 11.6. The van der Waals surface area contributed by atoms with Gasteiger partial charge in [0.2, 0.25) is 11.8 Å². The molecule has 0 aliphatic rings. The maximum atomic E-state index is 12.2. The largest absolute Gasteiger partial charge is 0.356 e. The van der Waals surface area contributed by atoms with Crippen LogP contribution in [0, 0.1) is 0 Å². The Morgan fingerprint density at radius 2 is 1.39 bits per heavy atom. The number of carbonyl (C=O) groups is 2. The van der Waals surface area contributed by atoms with Crippen molar-refractivity contribution in [2.45, 2.75) is 116 Å². The lowest BCUT2D eigenvalue weighted by atomic mass is 10.1. The van der Waals surface area contributed by atoms with Crippen LogP contribution in [-0.4, -0.2) is 49.4 Å². The van der Waals surface area contributed by atoms with E-state index in [9.17, 15) is 9.59 Å². The summed E-state index contributed by atoms with van der Waals surface area (Å²) < 4.78 is 0. The van der Waals surface area contributed by atoms with Crippen molar-refractivity contribution in [3.05, 3.63) is 0 Å². The fraction of sp³-hybridized carbons (Fsp3) is 0.913. The van der Waals surface area contributed by atoms with Crippen LogP contribution < -0.4 is 10.6 Å². The molecule has 0 unspecified atom stereocenters. The molecule has 2 N–H and O–H groups in total. The van der Waals surface area contributed by atoms with E-state index in [1.165, 1.54) is 44.9 Å². The standard InChI is InChI=1S/C23H47N3O2/c1-6-7-8-9-10-11-12-13-14-18-22(27)24-19-16-15-17-21(25-20(2)3)23(28)26(4)5/h20-21,25H,6-19H2,1-5H3,(H,24,27)/t21-/m0/s1. The Morgan fingerprint density at radius 1 is 0.821 bits per heavy atom. The summed E-state index contributed by atoms with van der Waals surface area (Å²) in [4.78, 5) is 25.8. The monoisotopic (exact) mass is 397 g/mol. The molecular formula is C23H47N3O2. The summed E-state index contributed by atoms with van der Waals surface area (Å²) in [5, 5.41) is 6.36. The molecular weight excluding hydrogens is 350 g/mol. The third-order valence-electron chi connectivity index (χ3n) is 5.02. The van der Waals surface area contributed by atoms with E-state index < -0.39 is 0 Å². The van der Waals surface area contributed by atoms with Crippen molar-refractivity contribution < 1.29 is 9.59 Å². The Morgan fingerprint density at radius 3 is 1.93 bits per heavy atom. The normalized spacial score (nSPS) is 12.2. The van der Waals surface area contributed by atoms with Crippen molar-refractivity contribution in [2.75, 3.05) is 20.6 Å². The zero-order valence-corrected chi connectivity index (χ0v) is 19.3. The number of hydrogen-bond acceptors (Lipinski definition) is 3. The lowest BCUT2D eigenvalue weighted by Gasteiger charge is -2.23. The Bertz CT molecular complexity index is 397. The molecule has 0 aliphatic carbocycles. The minimum Gasteiger partial charge on any atom is -0.356 e. The van der Waals surface area contributed by atoms with Gasteiger partial charge in [0.25, 0.3) is 0 Å². The summed E-state index contributed by atoms with van der Waals surface area (Å²) in [6.07, 6.45) is 14.8. The van der Waals surface area contributed by atoms with E-state index in [1.54, 1.807) is 19.0 Å². The molecule has 0 radical (unpaired) electrons. The Hall–Kier alpha value is -1.10. The predicted molar refractivity (Wildman–Crippen MR) is 119 cm³/mol. The molecule has 0 fully saturated rings. The molecule has 0 saturated carbocycles. The highest BCUT2D eigenvalue weighted by atomic mass is 16.2. The van der Waals surface area contributed by atoms with Crippen molar-refractivity contribution in [1.29, 1.82) is 0 Å². The summed E-state index contributed by atoms with van der Waals surface area (Å²) >= 11 is 0. The first kappa shape index (κ1) is 26.9. The maximum Gasteiger partial charge on any atom is 0.239 e. The molecule has 0 aromatic rings. The number of hydrogen-bond donors (Lipinski definition) is 2. The second-order valence-corrected chi connectivity index (χ2v) is 8.53. The van der Waals surface area contributed by atoms with Gasteiger partial charge in [0.05, 0.1) is 6.04 Å². The van der Waals surface area contributed by atoms with Gasteiger partial charge in [-0.1, -0.05) is 72.1 Å². The number of carbonyl (C=O) groups excluding carboxylic acids is 2. The van der Waals surface area contributed by atoms with Crippen molar-refractivity contribution in [3.8, 4) is 0 Å². The Kier molecular flexibility index (Phi) is 17.3. The summed E-state index contributed by atoms with van der Waals surface area (Å²) in [6, 6.07) is 0.151. The molecule has 1 atom stereocenters. The van der Waals surface area contributed by atoms with Crippen LogP contribution in [0.15, 0.2) is 0 Å². The number of likely N-dealkylation sites (N-methyl/N-ethyl adjacent to an activating group) is 1. The van der Waals surface area contributed by atoms with E-state index in [1.807, 2.05) is 0 Å². The predicted octanol–water partition coefficient (Wildman–Crippen LogP) is 4.65. The van der Waals surface area contributed by atoms with Crippen LogP contribution in [0.3, 0.4) is 0 Å². The van der Waals surface area contributed by atoms with Crippen LogP contribution in [-0.2, 0) is 9.59 Å². The Balaban J connectivity index is 3.65. The molecule has 166 valence electrons. The minimum atomic E-state index is -0.132. The highest BCUT2D eigenvalue weighted by Gasteiger charge is 2.20. The van der Waals surface area contributed by atoms with E-state index in [-0.39, 0.29) is 23.9 Å². The summed E-state index contributed by atoms with van der Waals surface area (Å²) in [6.45, 7) is 7.07. The molecule has 0 rings (SSSR count). The molecule has 0 heterocycles. The van der Waals surface area contributed by atoms with Crippen LogP contribution in [0.5, 0.6) is 0 Å². The third kappa shape index (κ3) is 15.9. The summed E-state index contributed by atoms with van der Waals surface area (Å²) in [5.74, 6) is 0.298. The minimum absolute atomic E-state index is 0.128. The van der Waals surface area contributed by atoms with Gasteiger partial charge in [-0.3, -0.25) is 9.59 Å². The van der Waals surface area contributed by atoms with Crippen molar-refractivity contribution >= 4 is 11.8 Å². The zero-order valence-electron chi connectivity index (χ0n) is 19.3. The number of rotatable bonds is 18. The van der Waals surface area contributed by atoms with Crippen molar-refractivity contribution in [3.63, 3.8) is 0 Å². The van der Waals surface area contributed by atoms with Gasteiger partial charge < -0.3 is 15.5 Å². The fourth-order valence-electron chi connectivity index (χ4n) is 3.38. The van der Waals surface area contributed by atoms with E-state index in [4.69, 9.17) is 0 Å². The topological polar surface area (TPSA) is 61.4 Å². The molecule has 0 bridgehead atoms. The number of unbranched alkanes of at least 4 members (excludes halogenated alkanes) is 9. The lowest BCUT2D eigenvalue weighted by molar-refractivity contribution is -0.131. The first-order valence-corrected chi connectivity index (χ1v) is 11.6. The molecule has 5 nitrogen and oxygen atoms in total. The molecule has 0 aromatic carbocycles. The quantitative estimate of drug-likeness (QED) is 0.331. The Labute approximate surface area is 174 Å². The molecule has 0 aromatic heterocycles. The summed E-state index contributed by atoms with van der Waals surface area (Å²) in [7, 11) is 3.59. The zero-order chi connectivity index (χ0) is 21.2. The fourth-order valence-corrected chi connectivity index (χ4v) is 3.38. The van der Waals surface area contributed by atoms with Gasteiger partial charge in [-0.05, 0) is 25.7 Å². The van der Waals surface area contributed by atoms with Gasteiger partial charge in [-0.2, -0.15) is 0 Å². The smallest absolute Gasteiger partial charge is 0.239 e. The van der Waals surface area contributed by atoms with E-state index >= 15 is 0 Å². The average Bonchev–Trinajstić information content (AvgIpc) is 2.64. The highest BCUT2D eigenvalue weighted by molar-refractivity contribution is 5.81. The van der Waals surface area contributed by atoms with E-state index in [0.29, 0.717) is 13.0 Å². The van der Waals surface area contributed by atoms with Gasteiger partial charge in [-0.25, -0.2) is 0 Å². The van der Waals surface area contributed by atoms with E-state index in [0.717, 1.165) is 32.1 Å². The molecule has 0 aliphatic heterocycles. The van der Waals surface area contributed by atoms with Gasteiger partial charge in [-0.15, -0.1) is 0 Å². The molecule has 0 spiro atoms. The highest BCUT2D eigenvalue weighted by Crippen LogP contribution is 2.10. The molecule has 0 saturated heterocycles. The number of nitrogens with one attached hydrogen (secondary N) is 2. The van der Waals surface area contributed by atoms with Gasteiger partial charge in [0, 0.05) is 33.1 Å². The molecule has 28 heavy (non-hydrogen) atoms. The van der Waals surface area contributed by atoms with Crippen LogP contribution >= 0.6 is 0 Å². The first-order chi connectivity index (χ1) is 13.4. The van der Waals surface area contributed by atoms with Gasteiger partial charge >= 0.3 is 0 Å². The number of nitrogens with zero attached hydrogens (tertiary/aromatic N) is 1. The van der Waals surface area contributed by atoms with Crippen LogP contribution in [0.25, 0.3) is 0 Å². The third-order valence-corrected chi connectivity index (χ3v) is 5.02. The van der Waals surface area contributed by atoms with Gasteiger partial charge in [0.1, 0.15) is 0 Å². The van der Waals surface area contributed by atoms with Crippen molar-refractivity contribution in [1.82, 2.24) is 15.5 Å². The lowest BCUT2D eigenvalue weighted by Crippen LogP contribution is -2.46. The van der Waals surface area contributed by atoms with Crippen LogP contribution in [0.4, 0.5) is 0 Å². The van der Waals surface area contributed by atoms with Gasteiger partial charge in [0.15, 0.2) is 0 Å². The molecule has 2 amide bonds. The second kappa shape index (κ2) is 18.0. The average molecular weight is 398 g/mol. The summed E-state index contributed by atoms with van der Waals surface area (Å²) in [5.41, 5.74) is 0. The second-order valence-electron chi connectivity index (χ2n) is 8.53. The van der Waals surface area contributed by atoms with Crippen LogP contribution in [0.1, 0.15) is 104 Å². The maximum absolute atomic E-state index is 12.2. The SMILES string of the molecule is CCCCCCCCCCCC(=O)NCCCC[C@H](NC(C)C)C(=O)N(C)C.